The zero-order valence-corrected chi connectivity index (χ0v) is 18.3. The molecule has 2 aromatic heterocycles. The number of hydrogen-bond acceptors (Lipinski definition) is 10. The topological polar surface area (TPSA) is 163 Å². The van der Waals surface area contributed by atoms with Gasteiger partial charge in [-0.15, -0.1) is 0 Å². The molecule has 4 N–H and O–H groups in total. The number of anilines is 1. The van der Waals surface area contributed by atoms with Crippen LogP contribution in [0.1, 0.15) is 32.5 Å². The molecule has 35 heavy (non-hydrogen) atoms. The van der Waals surface area contributed by atoms with Crippen LogP contribution in [0.25, 0.3) is 11.2 Å². The number of nitrogen functional groups attached to an aromatic ring is 1. The van der Waals surface area contributed by atoms with Crippen LogP contribution in [0.4, 0.5) is 5.82 Å². The Morgan fingerprint density at radius 1 is 1.00 bits per heavy atom. The van der Waals surface area contributed by atoms with Gasteiger partial charge in [0.05, 0.1) is 18.5 Å². The van der Waals surface area contributed by atoms with E-state index in [-0.39, 0.29) is 17.2 Å². The van der Waals surface area contributed by atoms with Crippen LogP contribution in [0.2, 0.25) is 0 Å². The van der Waals surface area contributed by atoms with Crippen molar-refractivity contribution in [2.24, 2.45) is 0 Å². The van der Waals surface area contributed by atoms with Gasteiger partial charge in [0.1, 0.15) is 24.1 Å². The van der Waals surface area contributed by atoms with Crippen LogP contribution in [0.15, 0.2) is 67.3 Å². The largest absolute Gasteiger partial charge is 0.453 e. The number of carbonyl (C=O) groups is 2. The van der Waals surface area contributed by atoms with E-state index in [9.17, 15) is 19.8 Å². The van der Waals surface area contributed by atoms with Gasteiger partial charge in [-0.05, 0) is 12.1 Å². The standard InChI is InChI=1S/C24H21N5O6/c25-21-17-22(27-11-26-21)29(12-28-17)23-19(32)20(16(10-30)34-23)35-24(33)15-8-6-14(7-9-15)18(31)13-4-2-1-3-5-13/h1-9,11-12,16,19-20,23,30,32H,10H2,(H2,25,26,27)/t16-,19-,20-,23-/m1/s1. The second kappa shape index (κ2) is 9.22. The van der Waals surface area contributed by atoms with E-state index < -0.39 is 37.1 Å². The number of fused-ring (bicyclic) bond motifs is 1. The number of esters is 1. The number of aliphatic hydroxyl groups is 2. The van der Waals surface area contributed by atoms with Crippen LogP contribution in [0.3, 0.4) is 0 Å². The molecule has 11 nitrogen and oxygen atoms in total. The summed E-state index contributed by atoms with van der Waals surface area (Å²) < 4.78 is 12.7. The Balaban J connectivity index is 1.33. The normalized spacial score (nSPS) is 21.8. The number of nitrogens with zero attached hydrogens (tertiary/aromatic N) is 4. The second-order valence-corrected chi connectivity index (χ2v) is 7.96. The molecule has 3 heterocycles. The Morgan fingerprint density at radius 3 is 2.40 bits per heavy atom. The van der Waals surface area contributed by atoms with Gasteiger partial charge in [-0.1, -0.05) is 42.5 Å². The molecule has 1 fully saturated rings. The molecule has 4 aromatic rings. The number of imidazole rings is 1. The summed E-state index contributed by atoms with van der Waals surface area (Å²) >= 11 is 0. The second-order valence-electron chi connectivity index (χ2n) is 7.96. The average molecular weight is 475 g/mol. The van der Waals surface area contributed by atoms with Gasteiger partial charge >= 0.3 is 5.97 Å². The summed E-state index contributed by atoms with van der Waals surface area (Å²) in [4.78, 5) is 37.5. The molecule has 1 saturated heterocycles. The van der Waals surface area contributed by atoms with Crippen LogP contribution in [-0.4, -0.2) is 66.4 Å². The molecule has 11 heteroatoms. The average Bonchev–Trinajstić information content (AvgIpc) is 3.46. The van der Waals surface area contributed by atoms with Crippen LogP contribution in [0, 0.1) is 0 Å². The Morgan fingerprint density at radius 2 is 1.69 bits per heavy atom. The fraction of sp³-hybridized carbons (Fsp3) is 0.208. The number of aliphatic hydroxyl groups excluding tert-OH is 2. The molecular formula is C24H21N5O6. The predicted molar refractivity (Wildman–Crippen MR) is 122 cm³/mol. The van der Waals surface area contributed by atoms with Gasteiger partial charge in [-0.3, -0.25) is 9.36 Å². The Bertz CT molecular complexity index is 1370. The highest BCUT2D eigenvalue weighted by atomic mass is 16.6. The summed E-state index contributed by atoms with van der Waals surface area (Å²) in [5.41, 5.74) is 7.59. The summed E-state index contributed by atoms with van der Waals surface area (Å²) in [5.74, 6) is -0.750. The maximum atomic E-state index is 12.8. The van der Waals surface area contributed by atoms with Crippen molar-refractivity contribution in [2.45, 2.75) is 24.5 Å². The molecule has 4 atom stereocenters. The zero-order valence-electron chi connectivity index (χ0n) is 18.3. The first kappa shape index (κ1) is 22.6. The van der Waals surface area contributed by atoms with Gasteiger partial charge in [-0.25, -0.2) is 19.7 Å². The number of nitrogens with two attached hydrogens (primary N) is 1. The van der Waals surface area contributed by atoms with Gasteiger partial charge < -0.3 is 25.4 Å². The lowest BCUT2D eigenvalue weighted by Gasteiger charge is -2.20. The summed E-state index contributed by atoms with van der Waals surface area (Å²) in [6.45, 7) is -0.500. The summed E-state index contributed by atoms with van der Waals surface area (Å²) in [6, 6.07) is 14.8. The molecule has 0 spiro atoms. The number of benzene rings is 2. The minimum Gasteiger partial charge on any atom is -0.453 e. The van der Waals surface area contributed by atoms with Crippen molar-refractivity contribution in [1.82, 2.24) is 19.5 Å². The molecule has 0 amide bonds. The first-order valence-corrected chi connectivity index (χ1v) is 10.8. The predicted octanol–water partition coefficient (Wildman–Crippen LogP) is 1.12. The van der Waals surface area contributed by atoms with Crippen molar-refractivity contribution in [3.05, 3.63) is 83.9 Å². The van der Waals surface area contributed by atoms with Gasteiger partial charge in [0, 0.05) is 11.1 Å². The fourth-order valence-electron chi connectivity index (χ4n) is 4.00. The number of hydrogen-bond donors (Lipinski definition) is 3. The maximum absolute atomic E-state index is 12.8. The molecule has 5 rings (SSSR count). The van der Waals surface area contributed by atoms with Gasteiger partial charge in [-0.2, -0.15) is 0 Å². The third kappa shape index (κ3) is 4.12. The molecule has 0 saturated carbocycles. The highest BCUT2D eigenvalue weighted by molar-refractivity contribution is 6.09. The lowest BCUT2D eigenvalue weighted by atomic mass is 10.0. The smallest absolute Gasteiger partial charge is 0.338 e. The molecule has 0 radical (unpaired) electrons. The molecule has 0 bridgehead atoms. The Labute approximate surface area is 198 Å². The first-order valence-electron chi connectivity index (χ1n) is 10.8. The van der Waals surface area contributed by atoms with E-state index >= 15 is 0 Å². The number of carbonyl (C=O) groups excluding carboxylic acids is 2. The fourth-order valence-corrected chi connectivity index (χ4v) is 4.00. The highest BCUT2D eigenvalue weighted by Crippen LogP contribution is 2.34. The van der Waals surface area contributed by atoms with E-state index in [0.717, 1.165) is 0 Å². The number of ether oxygens (including phenoxy) is 2. The number of rotatable bonds is 6. The Kier molecular flexibility index (Phi) is 5.95. The molecule has 1 aliphatic heterocycles. The minimum absolute atomic E-state index is 0.164. The molecule has 178 valence electrons. The first-order chi connectivity index (χ1) is 17.0. The molecule has 0 unspecified atom stereocenters. The minimum atomic E-state index is -1.33. The van der Waals surface area contributed by atoms with Gasteiger partial charge in [0.25, 0.3) is 0 Å². The highest BCUT2D eigenvalue weighted by Gasteiger charge is 2.47. The van der Waals surface area contributed by atoms with Crippen LogP contribution in [0.5, 0.6) is 0 Å². The number of ketones is 1. The van der Waals surface area contributed by atoms with Crippen molar-refractivity contribution in [1.29, 1.82) is 0 Å². The van der Waals surface area contributed by atoms with E-state index in [1.165, 1.54) is 41.5 Å². The lowest BCUT2D eigenvalue weighted by molar-refractivity contribution is -0.0529. The lowest BCUT2D eigenvalue weighted by Crippen LogP contribution is -2.37. The quantitative estimate of drug-likeness (QED) is 0.272. The van der Waals surface area contributed by atoms with Gasteiger partial charge in [0.15, 0.2) is 29.6 Å². The van der Waals surface area contributed by atoms with E-state index in [4.69, 9.17) is 15.2 Å². The monoisotopic (exact) mass is 475 g/mol. The molecule has 1 aliphatic rings. The SMILES string of the molecule is Nc1ncnc2c1ncn2[C@@H]1O[C@H](CO)[C@@H](OC(=O)c2ccc(C(=O)c3ccccc3)cc2)[C@H]1O. The molecule has 0 aliphatic carbocycles. The van der Waals surface area contributed by atoms with Crippen molar-refractivity contribution in [2.75, 3.05) is 12.3 Å². The maximum Gasteiger partial charge on any atom is 0.338 e. The van der Waals surface area contributed by atoms with Crippen LogP contribution < -0.4 is 5.73 Å². The van der Waals surface area contributed by atoms with E-state index in [2.05, 4.69) is 15.0 Å². The summed E-state index contributed by atoms with van der Waals surface area (Å²) in [5, 5.41) is 20.7. The van der Waals surface area contributed by atoms with Crippen molar-refractivity contribution in [3.8, 4) is 0 Å². The third-order valence-electron chi connectivity index (χ3n) is 5.81. The van der Waals surface area contributed by atoms with Gasteiger partial charge in [0.2, 0.25) is 0 Å². The van der Waals surface area contributed by atoms with Crippen molar-refractivity contribution >= 4 is 28.7 Å². The summed E-state index contributed by atoms with van der Waals surface area (Å²) in [7, 11) is 0. The summed E-state index contributed by atoms with van der Waals surface area (Å²) in [6.07, 6.45) is -1.89. The Hall–Kier alpha value is -4.19. The molecular weight excluding hydrogens is 454 g/mol. The van der Waals surface area contributed by atoms with Crippen molar-refractivity contribution in [3.63, 3.8) is 0 Å². The van der Waals surface area contributed by atoms with E-state index in [1.54, 1.807) is 24.3 Å². The third-order valence-corrected chi connectivity index (χ3v) is 5.81. The van der Waals surface area contributed by atoms with Crippen molar-refractivity contribution < 1.29 is 29.3 Å². The van der Waals surface area contributed by atoms with E-state index in [0.29, 0.717) is 22.3 Å². The molecule has 2 aromatic carbocycles. The van der Waals surface area contributed by atoms with E-state index in [1.807, 2.05) is 6.07 Å². The van der Waals surface area contributed by atoms with Crippen LogP contribution in [-0.2, 0) is 9.47 Å². The van der Waals surface area contributed by atoms with Crippen LogP contribution >= 0.6 is 0 Å². The zero-order chi connectivity index (χ0) is 24.5. The number of aromatic nitrogens is 4.